The molecule has 0 atom stereocenters. The van der Waals surface area contributed by atoms with E-state index in [-0.39, 0.29) is 0 Å². The maximum Gasteiger partial charge on any atom is 0.104 e. The van der Waals surface area contributed by atoms with Crippen LogP contribution in [0.25, 0.3) is 17.2 Å². The average molecular weight is 300 g/mol. The number of allylic oxidation sites excluding steroid dienone is 1. The van der Waals surface area contributed by atoms with Crippen LogP contribution in [0.3, 0.4) is 0 Å². The van der Waals surface area contributed by atoms with Gasteiger partial charge in [-0.1, -0.05) is 48.5 Å². The number of amidine groups is 1. The lowest BCUT2D eigenvalue weighted by molar-refractivity contribution is 1.25. The molecule has 0 saturated carbocycles. The molecule has 0 amide bonds. The molecule has 2 heteroatoms. The summed E-state index contributed by atoms with van der Waals surface area (Å²) in [5.41, 5.74) is 16.7. The highest BCUT2D eigenvalue weighted by molar-refractivity contribution is 5.92. The zero-order valence-electron chi connectivity index (χ0n) is 13.6. The van der Waals surface area contributed by atoms with E-state index in [4.69, 9.17) is 5.73 Å². The van der Waals surface area contributed by atoms with Crippen LogP contribution in [-0.2, 0) is 0 Å². The van der Waals surface area contributed by atoms with Crippen molar-refractivity contribution in [1.82, 2.24) is 0 Å². The summed E-state index contributed by atoms with van der Waals surface area (Å²) in [5.74, 6) is 0.616. The topological polar surface area (TPSA) is 38.4 Å². The van der Waals surface area contributed by atoms with Crippen molar-refractivity contribution in [2.45, 2.75) is 20.3 Å². The Kier molecular flexibility index (Phi) is 4.01. The minimum atomic E-state index is 0.616. The molecule has 1 heterocycles. The molecule has 1 aliphatic heterocycles. The van der Waals surface area contributed by atoms with Crippen molar-refractivity contribution >= 4 is 17.6 Å². The third-order valence-corrected chi connectivity index (χ3v) is 4.13. The van der Waals surface area contributed by atoms with E-state index in [9.17, 15) is 0 Å². The van der Waals surface area contributed by atoms with E-state index in [1.54, 1.807) is 0 Å². The zero-order chi connectivity index (χ0) is 16.4. The Morgan fingerprint density at radius 2 is 1.83 bits per heavy atom. The smallest absolute Gasteiger partial charge is 0.104 e. The molecule has 0 spiro atoms. The van der Waals surface area contributed by atoms with Crippen molar-refractivity contribution in [3.8, 4) is 11.1 Å². The molecular formula is C21H20N2. The Bertz CT molecular complexity index is 861. The standard InChI is InChI=1S/C21H20N2/c1-4-15(3)19-11-18-10-9-17(12-20(18)23-21(22)13-19)16-7-5-14(2)6-8-16/h5-12H,1,13H2,2-3H3,(H2,22,23). The highest BCUT2D eigenvalue weighted by atomic mass is 14.9. The van der Waals surface area contributed by atoms with E-state index in [2.05, 4.69) is 72.8 Å². The van der Waals surface area contributed by atoms with Gasteiger partial charge >= 0.3 is 0 Å². The van der Waals surface area contributed by atoms with Crippen molar-refractivity contribution < 1.29 is 0 Å². The molecule has 0 aromatic heterocycles. The lowest BCUT2D eigenvalue weighted by Crippen LogP contribution is -2.11. The van der Waals surface area contributed by atoms with Crippen LogP contribution in [0.4, 0.5) is 5.69 Å². The molecule has 0 bridgehead atoms. The minimum Gasteiger partial charge on any atom is -0.387 e. The van der Waals surface area contributed by atoms with Crippen LogP contribution in [0, 0.1) is 6.92 Å². The largest absolute Gasteiger partial charge is 0.387 e. The fraction of sp³-hybridized carbons (Fsp3) is 0.143. The number of nitrogens with two attached hydrogens (primary N) is 1. The van der Waals surface area contributed by atoms with Crippen LogP contribution in [0.2, 0.25) is 0 Å². The minimum absolute atomic E-state index is 0.616. The predicted molar refractivity (Wildman–Crippen MR) is 98.8 cm³/mol. The molecule has 2 aromatic rings. The van der Waals surface area contributed by atoms with E-state index in [0.29, 0.717) is 12.3 Å². The Morgan fingerprint density at radius 3 is 2.52 bits per heavy atom. The molecular weight excluding hydrogens is 280 g/mol. The van der Waals surface area contributed by atoms with Crippen LogP contribution in [0.5, 0.6) is 0 Å². The number of aryl methyl sites for hydroxylation is 1. The molecule has 0 unspecified atom stereocenters. The zero-order valence-corrected chi connectivity index (χ0v) is 13.6. The lowest BCUT2D eigenvalue weighted by atomic mass is 9.99. The average Bonchev–Trinajstić information content (AvgIpc) is 2.72. The van der Waals surface area contributed by atoms with Gasteiger partial charge < -0.3 is 5.73 Å². The number of rotatable bonds is 2. The van der Waals surface area contributed by atoms with Crippen molar-refractivity contribution in [3.05, 3.63) is 77.0 Å². The Hall–Kier alpha value is -2.83. The van der Waals surface area contributed by atoms with Gasteiger partial charge in [-0.25, -0.2) is 4.99 Å². The van der Waals surface area contributed by atoms with Crippen LogP contribution >= 0.6 is 0 Å². The highest BCUT2D eigenvalue weighted by Gasteiger charge is 2.12. The molecule has 0 fully saturated rings. The fourth-order valence-electron chi connectivity index (χ4n) is 2.67. The van der Waals surface area contributed by atoms with E-state index in [1.165, 1.54) is 11.1 Å². The van der Waals surface area contributed by atoms with Crippen LogP contribution in [-0.4, -0.2) is 5.84 Å². The summed E-state index contributed by atoms with van der Waals surface area (Å²) in [6.45, 7) is 7.81. The SMILES string of the molecule is C=C=C(C)C1=Cc2ccc(-c3ccc(C)cc3)cc2N=C(N)C1. The molecule has 23 heavy (non-hydrogen) atoms. The van der Waals surface area contributed by atoms with Gasteiger partial charge in [-0.3, -0.25) is 0 Å². The first-order chi connectivity index (χ1) is 11.1. The molecule has 3 rings (SSSR count). The molecule has 2 aromatic carbocycles. The quantitative estimate of drug-likeness (QED) is 0.763. The maximum atomic E-state index is 6.09. The summed E-state index contributed by atoms with van der Waals surface area (Å²) in [4.78, 5) is 4.59. The summed E-state index contributed by atoms with van der Waals surface area (Å²) in [6.07, 6.45) is 2.76. The summed E-state index contributed by atoms with van der Waals surface area (Å²) in [7, 11) is 0. The van der Waals surface area contributed by atoms with Crippen molar-refractivity contribution in [2.24, 2.45) is 10.7 Å². The number of hydrogen-bond acceptors (Lipinski definition) is 2. The first kappa shape index (κ1) is 15.1. The molecule has 0 radical (unpaired) electrons. The lowest BCUT2D eigenvalue weighted by Gasteiger charge is -2.06. The Morgan fingerprint density at radius 1 is 1.13 bits per heavy atom. The third kappa shape index (κ3) is 3.18. The number of nitrogens with zero attached hydrogens (tertiary/aromatic N) is 1. The number of benzene rings is 2. The molecule has 114 valence electrons. The number of hydrogen-bond donors (Lipinski definition) is 1. The second kappa shape index (κ2) is 6.12. The Balaban J connectivity index is 2.10. The van der Waals surface area contributed by atoms with Crippen molar-refractivity contribution in [3.63, 3.8) is 0 Å². The van der Waals surface area contributed by atoms with Gasteiger partial charge in [0.05, 0.1) is 5.69 Å². The number of fused-ring (bicyclic) bond motifs is 1. The maximum absolute atomic E-state index is 6.09. The molecule has 0 saturated heterocycles. The van der Waals surface area contributed by atoms with Gasteiger partial charge in [0, 0.05) is 12.0 Å². The third-order valence-electron chi connectivity index (χ3n) is 4.13. The monoisotopic (exact) mass is 300 g/mol. The van der Waals surface area contributed by atoms with Gasteiger partial charge in [0.25, 0.3) is 0 Å². The van der Waals surface area contributed by atoms with E-state index < -0.39 is 0 Å². The van der Waals surface area contributed by atoms with Crippen molar-refractivity contribution in [2.75, 3.05) is 0 Å². The van der Waals surface area contributed by atoms with Gasteiger partial charge in [0.1, 0.15) is 5.84 Å². The number of aliphatic imine (C=N–C) groups is 1. The molecule has 2 N–H and O–H groups in total. The van der Waals surface area contributed by atoms with Crippen LogP contribution in [0.1, 0.15) is 24.5 Å². The fourth-order valence-corrected chi connectivity index (χ4v) is 2.67. The van der Waals surface area contributed by atoms with E-state index >= 15 is 0 Å². The molecule has 1 aliphatic rings. The van der Waals surface area contributed by atoms with Gasteiger partial charge in [-0.2, -0.15) is 0 Å². The first-order valence-corrected chi connectivity index (χ1v) is 7.68. The second-order valence-corrected chi connectivity index (χ2v) is 5.89. The van der Waals surface area contributed by atoms with Crippen LogP contribution < -0.4 is 5.73 Å². The molecule has 0 aliphatic carbocycles. The van der Waals surface area contributed by atoms with E-state index in [0.717, 1.165) is 28.0 Å². The highest BCUT2D eigenvalue weighted by Crippen LogP contribution is 2.32. The van der Waals surface area contributed by atoms with Gasteiger partial charge in [0.15, 0.2) is 0 Å². The Labute approximate surface area is 137 Å². The van der Waals surface area contributed by atoms with Gasteiger partial charge in [0.2, 0.25) is 0 Å². The second-order valence-electron chi connectivity index (χ2n) is 5.89. The normalized spacial score (nSPS) is 13.3. The predicted octanol–water partition coefficient (Wildman–Crippen LogP) is 5.17. The summed E-state index contributed by atoms with van der Waals surface area (Å²) < 4.78 is 0. The summed E-state index contributed by atoms with van der Waals surface area (Å²) in [5, 5.41) is 0. The van der Waals surface area contributed by atoms with Gasteiger partial charge in [-0.15, -0.1) is 5.73 Å². The summed E-state index contributed by atoms with van der Waals surface area (Å²) >= 11 is 0. The van der Waals surface area contributed by atoms with Gasteiger partial charge in [-0.05, 0) is 48.3 Å². The van der Waals surface area contributed by atoms with Crippen LogP contribution in [0.15, 0.2) is 70.9 Å². The molecule has 2 nitrogen and oxygen atoms in total. The van der Waals surface area contributed by atoms with Crippen molar-refractivity contribution in [1.29, 1.82) is 0 Å². The first-order valence-electron chi connectivity index (χ1n) is 7.68. The summed E-state index contributed by atoms with van der Waals surface area (Å²) in [6, 6.07) is 14.8. The van der Waals surface area contributed by atoms with E-state index in [1.807, 2.05) is 6.92 Å².